The summed E-state index contributed by atoms with van der Waals surface area (Å²) in [6.07, 6.45) is 0.0458. The minimum atomic E-state index is -4.51. The molecule has 0 aromatic rings. The van der Waals surface area contributed by atoms with E-state index in [-0.39, 0.29) is 19.4 Å². The maximum absolute atomic E-state index is 12.3. The molecule has 1 atom stereocenters. The second-order valence-corrected chi connectivity index (χ2v) is 3.60. The topological polar surface area (TPSA) is 63.6 Å². The van der Waals surface area contributed by atoms with Crippen LogP contribution in [0.5, 0.6) is 0 Å². The number of hydrogen-bond acceptors (Lipinski definition) is 3. The average molecular weight is 186 g/mol. The number of alkyl halides is 1. The Morgan fingerprint density at radius 2 is 2.18 bits per heavy atom. The molecule has 4 nitrogen and oxygen atoms in total. The molecule has 0 saturated carbocycles. The van der Waals surface area contributed by atoms with Crippen LogP contribution in [0.3, 0.4) is 0 Å². The van der Waals surface area contributed by atoms with Gasteiger partial charge >= 0.3 is 0 Å². The predicted octanol–water partition coefficient (Wildman–Crippen LogP) is 0.596. The first kappa shape index (κ1) is 10.8. The Labute approximate surface area is 65.1 Å². The molecule has 0 amide bonds. The van der Waals surface area contributed by atoms with Gasteiger partial charge in [0.15, 0.2) is 0 Å². The summed E-state index contributed by atoms with van der Waals surface area (Å²) in [7, 11) is -3.07. The lowest BCUT2D eigenvalue weighted by atomic mass is 10.3. The zero-order chi connectivity index (χ0) is 8.91. The summed E-state index contributed by atoms with van der Waals surface area (Å²) in [5.41, 5.74) is -2.18. The molecule has 0 fully saturated rings. The Bertz CT molecular complexity index is 189. The summed E-state index contributed by atoms with van der Waals surface area (Å²) in [5.74, 6) is 0. The van der Waals surface area contributed by atoms with E-state index in [1.807, 2.05) is 0 Å². The van der Waals surface area contributed by atoms with E-state index in [2.05, 4.69) is 4.74 Å². The van der Waals surface area contributed by atoms with Crippen LogP contribution in [-0.4, -0.2) is 32.2 Å². The average Bonchev–Trinajstić information content (AvgIpc) is 1.86. The van der Waals surface area contributed by atoms with Crippen molar-refractivity contribution in [3.63, 3.8) is 0 Å². The van der Waals surface area contributed by atoms with E-state index in [9.17, 15) is 12.8 Å². The SMILES string of the molecule is COCCCC(F)S(=O)(=O)O. The Kier molecular flexibility index (Phi) is 4.55. The zero-order valence-corrected chi connectivity index (χ0v) is 6.97. The van der Waals surface area contributed by atoms with Crippen molar-refractivity contribution in [2.45, 2.75) is 18.3 Å². The molecule has 0 aliphatic rings. The van der Waals surface area contributed by atoms with Crippen LogP contribution >= 0.6 is 0 Å². The zero-order valence-electron chi connectivity index (χ0n) is 6.16. The molecule has 11 heavy (non-hydrogen) atoms. The van der Waals surface area contributed by atoms with Gasteiger partial charge in [-0.2, -0.15) is 8.42 Å². The Hall–Kier alpha value is -0.200. The monoisotopic (exact) mass is 186 g/mol. The molecule has 6 heteroatoms. The van der Waals surface area contributed by atoms with Crippen LogP contribution in [0.4, 0.5) is 4.39 Å². The molecular formula is C5H11FO4S. The highest BCUT2D eigenvalue weighted by molar-refractivity contribution is 7.86. The standard InChI is InChI=1S/C5H11FO4S/c1-10-4-2-3-5(6)11(7,8)9/h5H,2-4H2,1H3,(H,7,8,9). The first-order valence-electron chi connectivity index (χ1n) is 3.07. The quantitative estimate of drug-likeness (QED) is 0.504. The van der Waals surface area contributed by atoms with Crippen molar-refractivity contribution in [3.8, 4) is 0 Å². The molecule has 0 aliphatic heterocycles. The molecule has 1 N–H and O–H groups in total. The van der Waals surface area contributed by atoms with Crippen LogP contribution in [0.25, 0.3) is 0 Å². The van der Waals surface area contributed by atoms with Gasteiger partial charge in [-0.05, 0) is 12.8 Å². The lowest BCUT2D eigenvalue weighted by Crippen LogP contribution is -2.15. The van der Waals surface area contributed by atoms with Crippen LogP contribution in [-0.2, 0) is 14.9 Å². The van der Waals surface area contributed by atoms with E-state index in [0.29, 0.717) is 0 Å². The lowest BCUT2D eigenvalue weighted by molar-refractivity contribution is 0.186. The minimum Gasteiger partial charge on any atom is -0.385 e. The third-order valence-electron chi connectivity index (χ3n) is 1.10. The smallest absolute Gasteiger partial charge is 0.297 e. The molecule has 0 aromatic heterocycles. The van der Waals surface area contributed by atoms with Gasteiger partial charge in [0, 0.05) is 13.7 Å². The lowest BCUT2D eigenvalue weighted by Gasteiger charge is -2.02. The molecule has 0 heterocycles. The van der Waals surface area contributed by atoms with Gasteiger partial charge in [-0.25, -0.2) is 4.39 Å². The summed E-state index contributed by atoms with van der Waals surface area (Å²) < 4.78 is 45.2. The first-order valence-corrected chi connectivity index (χ1v) is 4.58. The van der Waals surface area contributed by atoms with Crippen molar-refractivity contribution >= 4 is 10.1 Å². The Morgan fingerprint density at radius 1 is 1.64 bits per heavy atom. The normalized spacial score (nSPS) is 14.8. The van der Waals surface area contributed by atoms with Gasteiger partial charge in [-0.1, -0.05) is 0 Å². The van der Waals surface area contributed by atoms with Crippen molar-refractivity contribution in [3.05, 3.63) is 0 Å². The molecular weight excluding hydrogens is 175 g/mol. The van der Waals surface area contributed by atoms with Crippen LogP contribution < -0.4 is 0 Å². The Balaban J connectivity index is 3.62. The number of methoxy groups -OCH3 is 1. The van der Waals surface area contributed by atoms with Gasteiger partial charge in [-0.3, -0.25) is 4.55 Å². The first-order chi connectivity index (χ1) is 4.98. The Morgan fingerprint density at radius 3 is 2.55 bits per heavy atom. The third kappa shape index (κ3) is 5.11. The van der Waals surface area contributed by atoms with Gasteiger partial charge in [0.2, 0.25) is 5.50 Å². The van der Waals surface area contributed by atoms with Crippen molar-refractivity contribution in [1.82, 2.24) is 0 Å². The highest BCUT2D eigenvalue weighted by Crippen LogP contribution is 2.07. The van der Waals surface area contributed by atoms with E-state index >= 15 is 0 Å². The summed E-state index contributed by atoms with van der Waals surface area (Å²) >= 11 is 0. The fourth-order valence-corrected chi connectivity index (χ4v) is 1.00. The minimum absolute atomic E-state index is 0.229. The maximum Gasteiger partial charge on any atom is 0.297 e. The number of rotatable bonds is 5. The van der Waals surface area contributed by atoms with E-state index in [4.69, 9.17) is 4.55 Å². The van der Waals surface area contributed by atoms with E-state index < -0.39 is 15.6 Å². The fraction of sp³-hybridized carbons (Fsp3) is 1.00. The third-order valence-corrected chi connectivity index (χ3v) is 1.98. The molecule has 0 bridgehead atoms. The van der Waals surface area contributed by atoms with E-state index in [0.717, 1.165) is 0 Å². The van der Waals surface area contributed by atoms with Gasteiger partial charge in [0.05, 0.1) is 0 Å². The second kappa shape index (κ2) is 4.63. The summed E-state index contributed by atoms with van der Waals surface area (Å²) in [4.78, 5) is 0. The van der Waals surface area contributed by atoms with E-state index in [1.54, 1.807) is 0 Å². The van der Waals surface area contributed by atoms with Gasteiger partial charge in [-0.15, -0.1) is 0 Å². The predicted molar refractivity (Wildman–Crippen MR) is 37.6 cm³/mol. The van der Waals surface area contributed by atoms with Crippen molar-refractivity contribution < 1.29 is 22.1 Å². The molecule has 0 saturated heterocycles. The van der Waals surface area contributed by atoms with Gasteiger partial charge < -0.3 is 4.74 Å². The van der Waals surface area contributed by atoms with E-state index in [1.165, 1.54) is 7.11 Å². The maximum atomic E-state index is 12.3. The van der Waals surface area contributed by atoms with Crippen molar-refractivity contribution in [2.75, 3.05) is 13.7 Å². The highest BCUT2D eigenvalue weighted by atomic mass is 32.2. The van der Waals surface area contributed by atoms with Gasteiger partial charge in [0.25, 0.3) is 10.1 Å². The summed E-state index contributed by atoms with van der Waals surface area (Å²) in [6, 6.07) is 0. The number of hydrogen-bond donors (Lipinski definition) is 1. The molecule has 1 unspecified atom stereocenters. The van der Waals surface area contributed by atoms with Crippen LogP contribution in [0.1, 0.15) is 12.8 Å². The largest absolute Gasteiger partial charge is 0.385 e. The summed E-state index contributed by atoms with van der Waals surface area (Å²) in [5, 5.41) is 0. The van der Waals surface area contributed by atoms with Crippen molar-refractivity contribution in [2.24, 2.45) is 0 Å². The molecule has 0 aliphatic carbocycles. The fourth-order valence-electron chi connectivity index (χ4n) is 0.537. The molecule has 0 rings (SSSR count). The van der Waals surface area contributed by atoms with Gasteiger partial charge in [0.1, 0.15) is 0 Å². The molecule has 0 aromatic carbocycles. The van der Waals surface area contributed by atoms with Crippen molar-refractivity contribution in [1.29, 1.82) is 0 Å². The number of ether oxygens (including phenoxy) is 1. The molecule has 0 radical (unpaired) electrons. The van der Waals surface area contributed by atoms with Crippen LogP contribution in [0.2, 0.25) is 0 Å². The van der Waals surface area contributed by atoms with Crippen LogP contribution in [0.15, 0.2) is 0 Å². The van der Waals surface area contributed by atoms with Crippen LogP contribution in [0, 0.1) is 0 Å². The number of halogens is 1. The molecule has 68 valence electrons. The highest BCUT2D eigenvalue weighted by Gasteiger charge is 2.20. The second-order valence-electron chi connectivity index (χ2n) is 2.06. The molecule has 0 spiro atoms. The summed E-state index contributed by atoms with van der Waals surface area (Å²) in [6.45, 7) is 0.288.